The molecule has 33 heavy (non-hydrogen) atoms. The number of carbonyl (C=O) groups excluding carboxylic acids is 1. The van der Waals surface area contributed by atoms with Crippen LogP contribution in [-0.4, -0.2) is 24.7 Å². The third-order valence-corrected chi connectivity index (χ3v) is 6.92. The van der Waals surface area contributed by atoms with E-state index in [1.54, 1.807) is 0 Å². The van der Waals surface area contributed by atoms with E-state index in [2.05, 4.69) is 36.4 Å². The predicted molar refractivity (Wildman–Crippen MR) is 135 cm³/mol. The molecular formula is C28H29O4P. The molecule has 2 atom stereocenters. The lowest BCUT2D eigenvalue weighted by atomic mass is 10.1. The first kappa shape index (κ1) is 23.1. The normalized spacial score (nSPS) is 15.3. The molecule has 4 rings (SSSR count). The first-order valence-electron chi connectivity index (χ1n) is 11.2. The minimum absolute atomic E-state index is 0.0458. The van der Waals surface area contributed by atoms with Crippen molar-refractivity contribution in [1.29, 1.82) is 0 Å². The fourth-order valence-electron chi connectivity index (χ4n) is 3.42. The highest BCUT2D eigenvalue weighted by atomic mass is 31.1. The van der Waals surface area contributed by atoms with E-state index >= 15 is 0 Å². The van der Waals surface area contributed by atoms with E-state index in [9.17, 15) is 4.79 Å². The lowest BCUT2D eigenvalue weighted by Crippen LogP contribution is -2.18. The molecule has 1 heterocycles. The highest BCUT2D eigenvalue weighted by molar-refractivity contribution is 7.48. The summed E-state index contributed by atoms with van der Waals surface area (Å²) in [5.74, 6) is 2.22. The van der Waals surface area contributed by atoms with Crippen LogP contribution in [0.1, 0.15) is 25.0 Å². The minimum Gasteiger partial charge on any atom is -0.492 e. The van der Waals surface area contributed by atoms with Crippen molar-refractivity contribution in [3.63, 3.8) is 0 Å². The number of ether oxygens (including phenoxy) is 3. The van der Waals surface area contributed by atoms with Gasteiger partial charge in [-0.05, 0) is 29.1 Å². The van der Waals surface area contributed by atoms with Gasteiger partial charge in [-0.15, -0.1) is 0 Å². The van der Waals surface area contributed by atoms with Crippen LogP contribution in [0.5, 0.6) is 17.2 Å². The highest BCUT2D eigenvalue weighted by Gasteiger charge is 2.14. The summed E-state index contributed by atoms with van der Waals surface area (Å²) < 4.78 is 17.8. The molecule has 2 unspecified atom stereocenters. The highest BCUT2D eigenvalue weighted by Crippen LogP contribution is 2.29. The third kappa shape index (κ3) is 6.46. The van der Waals surface area contributed by atoms with Gasteiger partial charge in [0.2, 0.25) is 0 Å². The van der Waals surface area contributed by atoms with E-state index < -0.39 is 0 Å². The van der Waals surface area contributed by atoms with Crippen molar-refractivity contribution in [3.8, 4) is 17.2 Å². The lowest BCUT2D eigenvalue weighted by molar-refractivity contribution is -0.123. The van der Waals surface area contributed by atoms with E-state index in [0.717, 1.165) is 17.1 Å². The van der Waals surface area contributed by atoms with Gasteiger partial charge in [0.15, 0.2) is 5.78 Å². The van der Waals surface area contributed by atoms with Crippen LogP contribution in [0.2, 0.25) is 0 Å². The van der Waals surface area contributed by atoms with E-state index in [-0.39, 0.29) is 18.3 Å². The Kier molecular flexibility index (Phi) is 7.80. The third-order valence-electron chi connectivity index (χ3n) is 5.43. The van der Waals surface area contributed by atoms with Crippen molar-refractivity contribution in [1.82, 2.24) is 0 Å². The molecule has 0 aliphatic carbocycles. The van der Waals surface area contributed by atoms with Crippen molar-refractivity contribution in [2.45, 2.75) is 26.1 Å². The summed E-state index contributed by atoms with van der Waals surface area (Å²) in [6.45, 7) is 4.80. The maximum Gasteiger partial charge on any atom is 0.172 e. The molecule has 170 valence electrons. The zero-order valence-corrected chi connectivity index (χ0v) is 20.0. The molecule has 0 amide bonds. The second kappa shape index (κ2) is 11.2. The summed E-state index contributed by atoms with van der Waals surface area (Å²) in [5, 5.41) is 1.39. The van der Waals surface area contributed by atoms with Gasteiger partial charge < -0.3 is 14.2 Å². The summed E-state index contributed by atoms with van der Waals surface area (Å²) in [5.41, 5.74) is 2.58. The van der Waals surface area contributed by atoms with Gasteiger partial charge in [0.25, 0.3) is 0 Å². The van der Waals surface area contributed by atoms with Crippen LogP contribution in [-0.2, 0) is 11.4 Å². The number of para-hydroxylation sites is 1. The Morgan fingerprint density at radius 1 is 0.909 bits per heavy atom. The summed E-state index contributed by atoms with van der Waals surface area (Å²) in [7, 11) is 0.708. The molecule has 1 aliphatic rings. The molecular weight excluding hydrogens is 431 g/mol. The van der Waals surface area contributed by atoms with Crippen molar-refractivity contribution >= 4 is 25.7 Å². The van der Waals surface area contributed by atoms with Gasteiger partial charge in [0.05, 0.1) is 6.61 Å². The van der Waals surface area contributed by atoms with Gasteiger partial charge in [-0.3, -0.25) is 4.79 Å². The van der Waals surface area contributed by atoms with E-state index in [1.807, 2.05) is 62.4 Å². The molecule has 5 heteroatoms. The molecule has 4 nitrogen and oxygen atoms in total. The molecule has 1 aliphatic heterocycles. The van der Waals surface area contributed by atoms with Crippen LogP contribution in [0.4, 0.5) is 0 Å². The Labute approximate surface area is 197 Å². The topological polar surface area (TPSA) is 44.8 Å². The Bertz CT molecular complexity index is 1120. The molecule has 0 bridgehead atoms. The van der Waals surface area contributed by atoms with Crippen LogP contribution in [0.3, 0.4) is 0 Å². The fourth-order valence-corrected chi connectivity index (χ4v) is 4.70. The second-order valence-electron chi connectivity index (χ2n) is 8.29. The van der Waals surface area contributed by atoms with Gasteiger partial charge in [0.1, 0.15) is 30.5 Å². The summed E-state index contributed by atoms with van der Waals surface area (Å²) in [4.78, 5) is 11.9. The van der Waals surface area contributed by atoms with Gasteiger partial charge in [0, 0.05) is 23.2 Å². The predicted octanol–water partition coefficient (Wildman–Crippen LogP) is 5.65. The SMILES string of the molecule is CC(C)C(=O)COc1ccccc1COc1cccc(OCC2C=Cc3ccccc3P2)c1. The van der Waals surface area contributed by atoms with Gasteiger partial charge in [-0.2, -0.15) is 0 Å². The lowest BCUT2D eigenvalue weighted by Gasteiger charge is -2.20. The van der Waals surface area contributed by atoms with Gasteiger partial charge in [-0.1, -0.05) is 83.1 Å². The number of rotatable bonds is 10. The monoisotopic (exact) mass is 460 g/mol. The maximum absolute atomic E-state index is 11.9. The first-order chi connectivity index (χ1) is 16.1. The molecule has 0 aromatic heterocycles. The van der Waals surface area contributed by atoms with Crippen LogP contribution in [0.15, 0.2) is 78.9 Å². The van der Waals surface area contributed by atoms with Crippen molar-refractivity contribution < 1.29 is 19.0 Å². The Morgan fingerprint density at radius 2 is 1.67 bits per heavy atom. The molecule has 0 spiro atoms. The zero-order chi connectivity index (χ0) is 23.0. The zero-order valence-electron chi connectivity index (χ0n) is 19.0. The molecule has 0 fully saturated rings. The first-order valence-corrected chi connectivity index (χ1v) is 12.3. The molecule has 0 radical (unpaired) electrons. The van der Waals surface area contributed by atoms with Crippen LogP contribution in [0.25, 0.3) is 6.08 Å². The van der Waals surface area contributed by atoms with Gasteiger partial charge in [-0.25, -0.2) is 0 Å². The Balaban J connectivity index is 1.32. The summed E-state index contributed by atoms with van der Waals surface area (Å²) in [6.07, 6.45) is 4.43. The minimum atomic E-state index is -0.0458. The van der Waals surface area contributed by atoms with Crippen molar-refractivity contribution in [2.24, 2.45) is 5.92 Å². The molecule has 3 aromatic carbocycles. The number of ketones is 1. The number of hydrogen-bond acceptors (Lipinski definition) is 4. The largest absolute Gasteiger partial charge is 0.492 e. The molecule has 3 aromatic rings. The fraction of sp³-hybridized carbons (Fsp3) is 0.250. The average Bonchev–Trinajstić information content (AvgIpc) is 2.85. The van der Waals surface area contributed by atoms with E-state index in [0.29, 0.717) is 33.2 Å². The molecule has 0 N–H and O–H groups in total. The van der Waals surface area contributed by atoms with Crippen molar-refractivity contribution in [2.75, 3.05) is 13.2 Å². The van der Waals surface area contributed by atoms with E-state index in [4.69, 9.17) is 14.2 Å². The number of fused-ring (bicyclic) bond motifs is 1. The number of hydrogen-bond donors (Lipinski definition) is 0. The quantitative estimate of drug-likeness (QED) is 0.367. The smallest absolute Gasteiger partial charge is 0.172 e. The summed E-state index contributed by atoms with van der Waals surface area (Å²) in [6, 6.07) is 23.9. The number of carbonyl (C=O) groups is 1. The molecule has 0 saturated heterocycles. The Hall–Kier alpha value is -3.10. The van der Waals surface area contributed by atoms with Crippen LogP contribution < -0.4 is 19.5 Å². The van der Waals surface area contributed by atoms with E-state index in [1.165, 1.54) is 10.9 Å². The second-order valence-corrected chi connectivity index (χ2v) is 9.86. The molecule has 0 saturated carbocycles. The standard InChI is InChI=1S/C28H29O4P/c1-20(2)26(29)19-32-27-12-5-3-9-22(27)17-30-23-10-7-11-24(16-23)31-18-25-15-14-21-8-4-6-13-28(21)33-25/h3-16,20,25,33H,17-19H2,1-2H3. The average molecular weight is 461 g/mol. The number of benzene rings is 3. The maximum atomic E-state index is 11.9. The van der Waals surface area contributed by atoms with Gasteiger partial charge >= 0.3 is 0 Å². The summed E-state index contributed by atoms with van der Waals surface area (Å²) >= 11 is 0. The number of Topliss-reactive ketones (excluding diaryl/α,β-unsaturated/α-hetero) is 1. The van der Waals surface area contributed by atoms with Crippen LogP contribution >= 0.6 is 8.58 Å². The Morgan fingerprint density at radius 3 is 2.52 bits per heavy atom. The van der Waals surface area contributed by atoms with Crippen LogP contribution in [0, 0.1) is 5.92 Å². The van der Waals surface area contributed by atoms with Crippen molar-refractivity contribution in [3.05, 3.63) is 90.0 Å².